The first-order valence-corrected chi connectivity index (χ1v) is 12.1. The van der Waals surface area contributed by atoms with Crippen LogP contribution in [0.2, 0.25) is 5.04 Å². The molecule has 0 saturated heterocycles. The minimum absolute atomic E-state index is 0.0727. The van der Waals surface area contributed by atoms with E-state index in [0.29, 0.717) is 6.61 Å². The highest BCUT2D eigenvalue weighted by molar-refractivity contribution is 6.99. The van der Waals surface area contributed by atoms with Gasteiger partial charge in [-0.25, -0.2) is 0 Å². The molecular formula is C24H32O4Si. The molecule has 0 saturated carbocycles. The van der Waals surface area contributed by atoms with Crippen LogP contribution in [0.4, 0.5) is 0 Å². The fraction of sp³-hybridized carbons (Fsp3) is 0.417. The van der Waals surface area contributed by atoms with E-state index >= 15 is 0 Å². The number of benzene rings is 2. The Hall–Kier alpha value is -2.24. The summed E-state index contributed by atoms with van der Waals surface area (Å²) >= 11 is 0. The van der Waals surface area contributed by atoms with Crippen LogP contribution in [0.3, 0.4) is 0 Å². The summed E-state index contributed by atoms with van der Waals surface area (Å²) in [6, 6.07) is 20.4. The van der Waals surface area contributed by atoms with Gasteiger partial charge in [-0.05, 0) is 21.8 Å². The average Bonchev–Trinajstić information content (AvgIpc) is 2.71. The van der Waals surface area contributed by atoms with Gasteiger partial charge in [-0.2, -0.15) is 0 Å². The van der Waals surface area contributed by atoms with Gasteiger partial charge in [0.2, 0.25) is 0 Å². The summed E-state index contributed by atoms with van der Waals surface area (Å²) in [6.45, 7) is 8.85. The molecule has 4 nitrogen and oxygen atoms in total. The summed E-state index contributed by atoms with van der Waals surface area (Å²) in [5.74, 6) is -0.323. The molecule has 0 aliphatic carbocycles. The highest BCUT2D eigenvalue weighted by Gasteiger charge is 2.51. The fourth-order valence-electron chi connectivity index (χ4n) is 3.68. The second-order valence-corrected chi connectivity index (χ2v) is 12.5. The number of carbonyl (C=O) groups excluding carboxylic acids is 2. The maximum absolute atomic E-state index is 12.3. The molecule has 1 unspecified atom stereocenters. The number of esters is 1. The Morgan fingerprint density at radius 1 is 1.00 bits per heavy atom. The zero-order valence-corrected chi connectivity index (χ0v) is 18.9. The van der Waals surface area contributed by atoms with Crippen LogP contribution < -0.4 is 10.4 Å². The van der Waals surface area contributed by atoms with Crippen molar-refractivity contribution in [2.75, 3.05) is 6.61 Å². The molecule has 2 aromatic rings. The minimum Gasteiger partial charge on any atom is -0.466 e. The molecule has 0 aromatic heterocycles. The minimum atomic E-state index is -2.81. The van der Waals surface area contributed by atoms with Crippen LogP contribution in [0.5, 0.6) is 0 Å². The highest BCUT2D eigenvalue weighted by Crippen LogP contribution is 2.38. The molecule has 0 amide bonds. The van der Waals surface area contributed by atoms with Crippen molar-refractivity contribution in [1.82, 2.24) is 0 Å². The standard InChI is InChI=1S/C24H32O4Si/c1-5-18-27-23(26)19-20(16-17-25)28-29(24(2,3)4,21-12-8-6-9-13-21)22-14-10-7-11-15-22/h6-15,17,20H,5,16,18-19H2,1-4H3. The quantitative estimate of drug-likeness (QED) is 0.338. The van der Waals surface area contributed by atoms with Gasteiger partial charge in [-0.15, -0.1) is 0 Å². The van der Waals surface area contributed by atoms with Crippen LogP contribution >= 0.6 is 0 Å². The van der Waals surface area contributed by atoms with E-state index in [1.165, 1.54) is 0 Å². The number of rotatable bonds is 10. The fourth-order valence-corrected chi connectivity index (χ4v) is 8.38. The molecule has 5 heteroatoms. The molecule has 0 radical (unpaired) electrons. The molecule has 156 valence electrons. The van der Waals surface area contributed by atoms with Gasteiger partial charge in [0.15, 0.2) is 0 Å². The third kappa shape index (κ3) is 5.64. The highest BCUT2D eigenvalue weighted by atomic mass is 28.4. The molecular weight excluding hydrogens is 380 g/mol. The van der Waals surface area contributed by atoms with Crippen LogP contribution in [0.1, 0.15) is 47.0 Å². The van der Waals surface area contributed by atoms with E-state index in [2.05, 4.69) is 45.0 Å². The number of hydrogen-bond acceptors (Lipinski definition) is 4. The Kier molecular flexibility index (Phi) is 8.35. The van der Waals surface area contributed by atoms with E-state index in [-0.39, 0.29) is 23.8 Å². The van der Waals surface area contributed by atoms with Crippen LogP contribution in [0, 0.1) is 0 Å². The lowest BCUT2D eigenvalue weighted by molar-refractivity contribution is -0.145. The van der Waals surface area contributed by atoms with Crippen molar-refractivity contribution < 1.29 is 18.8 Å². The van der Waals surface area contributed by atoms with Crippen LogP contribution in [0.15, 0.2) is 60.7 Å². The molecule has 0 aliphatic heterocycles. The van der Waals surface area contributed by atoms with Crippen molar-refractivity contribution in [1.29, 1.82) is 0 Å². The van der Waals surface area contributed by atoms with Gasteiger partial charge in [0.05, 0.1) is 19.1 Å². The van der Waals surface area contributed by atoms with E-state index in [4.69, 9.17) is 9.16 Å². The summed E-state index contributed by atoms with van der Waals surface area (Å²) in [7, 11) is -2.81. The molecule has 0 bridgehead atoms. The first-order valence-electron chi connectivity index (χ1n) is 10.2. The smallest absolute Gasteiger partial charge is 0.308 e. The number of hydrogen-bond donors (Lipinski definition) is 0. The topological polar surface area (TPSA) is 52.6 Å². The summed E-state index contributed by atoms with van der Waals surface area (Å²) in [6.07, 6.45) is 1.30. The first-order chi connectivity index (χ1) is 13.8. The van der Waals surface area contributed by atoms with Crippen molar-refractivity contribution in [3.63, 3.8) is 0 Å². The van der Waals surface area contributed by atoms with Crippen molar-refractivity contribution in [3.8, 4) is 0 Å². The summed E-state index contributed by atoms with van der Waals surface area (Å²) < 4.78 is 12.1. The monoisotopic (exact) mass is 412 g/mol. The maximum atomic E-state index is 12.3. The second kappa shape index (κ2) is 10.5. The second-order valence-electron chi connectivity index (χ2n) is 8.23. The van der Waals surface area contributed by atoms with Crippen molar-refractivity contribution in [2.45, 2.75) is 58.1 Å². The van der Waals surface area contributed by atoms with Gasteiger partial charge < -0.3 is 14.0 Å². The molecule has 1 atom stereocenters. The van der Waals surface area contributed by atoms with Gasteiger partial charge in [-0.1, -0.05) is 88.4 Å². The summed E-state index contributed by atoms with van der Waals surface area (Å²) in [4.78, 5) is 23.7. The molecule has 29 heavy (non-hydrogen) atoms. The molecule has 2 aromatic carbocycles. The van der Waals surface area contributed by atoms with E-state index in [1.807, 2.05) is 43.3 Å². The summed E-state index contributed by atoms with van der Waals surface area (Å²) in [5.41, 5.74) is 0. The van der Waals surface area contributed by atoms with Gasteiger partial charge in [-0.3, -0.25) is 4.79 Å². The molecule has 0 fully saturated rings. The van der Waals surface area contributed by atoms with Gasteiger partial charge in [0.1, 0.15) is 6.29 Å². The Labute approximate surface area is 175 Å². The molecule has 0 N–H and O–H groups in total. The van der Waals surface area contributed by atoms with Crippen molar-refractivity contribution in [2.24, 2.45) is 0 Å². The Morgan fingerprint density at radius 3 is 1.93 bits per heavy atom. The summed E-state index contributed by atoms with van der Waals surface area (Å²) in [5, 5.41) is 2.03. The van der Waals surface area contributed by atoms with E-state index in [0.717, 1.165) is 23.1 Å². The largest absolute Gasteiger partial charge is 0.466 e. The Balaban J connectivity index is 2.53. The molecule has 2 rings (SSSR count). The average molecular weight is 413 g/mol. The zero-order valence-electron chi connectivity index (χ0n) is 17.9. The lowest BCUT2D eigenvalue weighted by atomic mass is 10.2. The molecule has 0 spiro atoms. The predicted octanol–water partition coefficient (Wildman–Crippen LogP) is 3.86. The zero-order chi connectivity index (χ0) is 21.3. The lowest BCUT2D eigenvalue weighted by Crippen LogP contribution is -2.67. The van der Waals surface area contributed by atoms with E-state index in [9.17, 15) is 9.59 Å². The number of carbonyl (C=O) groups is 2. The van der Waals surface area contributed by atoms with Crippen LogP contribution in [-0.4, -0.2) is 33.3 Å². The van der Waals surface area contributed by atoms with E-state index < -0.39 is 14.4 Å². The Morgan fingerprint density at radius 2 is 1.52 bits per heavy atom. The predicted molar refractivity (Wildman–Crippen MR) is 119 cm³/mol. The third-order valence-electron chi connectivity index (χ3n) is 4.98. The number of aldehydes is 1. The van der Waals surface area contributed by atoms with Gasteiger partial charge in [0.25, 0.3) is 8.32 Å². The van der Waals surface area contributed by atoms with Gasteiger partial charge in [0, 0.05) is 6.42 Å². The normalized spacial score (nSPS) is 13.0. The van der Waals surface area contributed by atoms with Crippen molar-refractivity contribution >= 4 is 30.9 Å². The third-order valence-corrected chi connectivity index (χ3v) is 10.1. The van der Waals surface area contributed by atoms with Gasteiger partial charge >= 0.3 is 5.97 Å². The van der Waals surface area contributed by atoms with Crippen LogP contribution in [-0.2, 0) is 18.8 Å². The molecule has 0 aliphatic rings. The first kappa shape index (κ1) is 23.0. The van der Waals surface area contributed by atoms with Crippen molar-refractivity contribution in [3.05, 3.63) is 60.7 Å². The number of ether oxygens (including phenoxy) is 1. The lowest BCUT2D eigenvalue weighted by Gasteiger charge is -2.45. The maximum Gasteiger partial charge on any atom is 0.308 e. The molecule has 0 heterocycles. The van der Waals surface area contributed by atoms with Crippen LogP contribution in [0.25, 0.3) is 0 Å². The Bertz CT molecular complexity index is 729. The van der Waals surface area contributed by atoms with E-state index in [1.54, 1.807) is 0 Å². The SMILES string of the molecule is CCCOC(=O)CC(CC=O)O[Si](c1ccccc1)(c1ccccc1)C(C)(C)C.